The molecule has 1 heterocycles. The van der Waals surface area contributed by atoms with Gasteiger partial charge in [0.25, 0.3) is 0 Å². The number of likely N-dealkylation sites (tertiary alicyclic amines) is 1. The van der Waals surface area contributed by atoms with Crippen LogP contribution in [0.1, 0.15) is 33.1 Å². The van der Waals surface area contributed by atoms with Gasteiger partial charge in [0.15, 0.2) is 0 Å². The summed E-state index contributed by atoms with van der Waals surface area (Å²) in [4.78, 5) is 13.2. The highest BCUT2D eigenvalue weighted by atomic mass is 19.4. The lowest BCUT2D eigenvalue weighted by atomic mass is 10.1. The van der Waals surface area contributed by atoms with Crippen molar-refractivity contribution < 1.29 is 22.7 Å². The van der Waals surface area contributed by atoms with Crippen molar-refractivity contribution in [2.24, 2.45) is 0 Å². The molecule has 1 aliphatic rings. The number of halogens is 3. The molecule has 0 radical (unpaired) electrons. The number of esters is 1. The van der Waals surface area contributed by atoms with E-state index in [0.717, 1.165) is 6.42 Å². The molecule has 100 valence electrons. The Morgan fingerprint density at radius 3 is 2.71 bits per heavy atom. The quantitative estimate of drug-likeness (QED) is 0.720. The van der Waals surface area contributed by atoms with Crippen LogP contribution in [0, 0.1) is 0 Å². The van der Waals surface area contributed by atoms with Crippen LogP contribution in [0.5, 0.6) is 0 Å². The van der Waals surface area contributed by atoms with E-state index >= 15 is 0 Å². The number of carbonyl (C=O) groups is 1. The normalized spacial score (nSPS) is 23.7. The van der Waals surface area contributed by atoms with Gasteiger partial charge in [-0.1, -0.05) is 0 Å². The Morgan fingerprint density at radius 1 is 1.53 bits per heavy atom. The Labute approximate surface area is 98.9 Å². The monoisotopic (exact) mass is 253 g/mol. The zero-order valence-corrected chi connectivity index (χ0v) is 10.1. The van der Waals surface area contributed by atoms with Crippen molar-refractivity contribution in [2.75, 3.05) is 13.2 Å². The molecule has 3 nitrogen and oxygen atoms in total. The van der Waals surface area contributed by atoms with Gasteiger partial charge in [-0.05, 0) is 33.2 Å². The lowest BCUT2D eigenvalue weighted by Crippen LogP contribution is -2.44. The smallest absolute Gasteiger partial charge is 0.390 e. The maximum atomic E-state index is 12.3. The maximum absolute atomic E-state index is 12.3. The summed E-state index contributed by atoms with van der Waals surface area (Å²) in [5.41, 5.74) is 0. The van der Waals surface area contributed by atoms with Crippen LogP contribution < -0.4 is 0 Å². The lowest BCUT2D eigenvalue weighted by Gasteiger charge is -2.29. The topological polar surface area (TPSA) is 29.5 Å². The molecule has 0 aromatic heterocycles. The fourth-order valence-electron chi connectivity index (χ4n) is 2.26. The van der Waals surface area contributed by atoms with Gasteiger partial charge in [0.1, 0.15) is 6.04 Å². The summed E-state index contributed by atoms with van der Waals surface area (Å²) in [6.45, 7) is 3.99. The number of rotatable bonds is 4. The minimum atomic E-state index is -4.19. The number of carbonyl (C=O) groups excluding carboxylic acids is 1. The van der Waals surface area contributed by atoms with Crippen molar-refractivity contribution in [3.05, 3.63) is 0 Å². The summed E-state index contributed by atoms with van der Waals surface area (Å²) in [7, 11) is 0. The Morgan fingerprint density at radius 2 is 2.18 bits per heavy atom. The van der Waals surface area contributed by atoms with Crippen molar-refractivity contribution in [3.8, 4) is 0 Å². The van der Waals surface area contributed by atoms with Crippen LogP contribution in [0.15, 0.2) is 0 Å². The largest absolute Gasteiger partial charge is 0.465 e. The number of alkyl halides is 3. The fourth-order valence-corrected chi connectivity index (χ4v) is 2.26. The zero-order chi connectivity index (χ0) is 13.1. The predicted octanol–water partition coefficient (Wildman–Crippen LogP) is 2.35. The van der Waals surface area contributed by atoms with Crippen LogP contribution in [0.3, 0.4) is 0 Å². The van der Waals surface area contributed by atoms with Gasteiger partial charge < -0.3 is 4.74 Å². The van der Waals surface area contributed by atoms with Gasteiger partial charge in [0, 0.05) is 6.04 Å². The Kier molecular flexibility index (Phi) is 4.80. The van der Waals surface area contributed by atoms with Gasteiger partial charge in [0.2, 0.25) is 0 Å². The van der Waals surface area contributed by atoms with Gasteiger partial charge in [-0.25, -0.2) is 0 Å². The molecule has 17 heavy (non-hydrogen) atoms. The minimum Gasteiger partial charge on any atom is -0.465 e. The third-order valence-corrected chi connectivity index (χ3v) is 2.95. The van der Waals surface area contributed by atoms with E-state index in [2.05, 4.69) is 0 Å². The third kappa shape index (κ3) is 4.18. The third-order valence-electron chi connectivity index (χ3n) is 2.95. The van der Waals surface area contributed by atoms with Crippen LogP contribution in [0.25, 0.3) is 0 Å². The fraction of sp³-hybridized carbons (Fsp3) is 0.909. The second-order valence-corrected chi connectivity index (χ2v) is 4.32. The molecule has 0 bridgehead atoms. The van der Waals surface area contributed by atoms with Crippen molar-refractivity contribution in [3.63, 3.8) is 0 Å². The molecule has 0 amide bonds. The molecular formula is C11H18F3NO2. The first kappa shape index (κ1) is 14.3. The maximum Gasteiger partial charge on any atom is 0.390 e. The van der Waals surface area contributed by atoms with Crippen LogP contribution >= 0.6 is 0 Å². The van der Waals surface area contributed by atoms with Crippen molar-refractivity contribution in [2.45, 2.75) is 51.4 Å². The molecule has 0 aromatic carbocycles. The highest BCUT2D eigenvalue weighted by molar-refractivity contribution is 5.76. The molecule has 1 fully saturated rings. The summed E-state index contributed by atoms with van der Waals surface area (Å²) >= 11 is 0. The molecule has 0 aliphatic carbocycles. The molecule has 0 spiro atoms. The first-order valence-corrected chi connectivity index (χ1v) is 5.84. The van der Waals surface area contributed by atoms with Gasteiger partial charge in [-0.15, -0.1) is 0 Å². The average Bonchev–Trinajstić information content (AvgIpc) is 2.63. The Bertz CT molecular complexity index is 268. The van der Waals surface area contributed by atoms with Gasteiger partial charge >= 0.3 is 12.1 Å². The Balaban J connectivity index is 2.59. The molecule has 2 atom stereocenters. The van der Waals surface area contributed by atoms with E-state index in [-0.39, 0.29) is 6.61 Å². The average molecular weight is 253 g/mol. The van der Waals surface area contributed by atoms with E-state index in [1.807, 2.05) is 0 Å². The molecule has 0 saturated carbocycles. The van der Waals surface area contributed by atoms with Crippen LogP contribution in [0.2, 0.25) is 0 Å². The van der Waals surface area contributed by atoms with E-state index < -0.39 is 30.7 Å². The first-order valence-electron chi connectivity index (χ1n) is 5.84. The summed E-state index contributed by atoms with van der Waals surface area (Å²) < 4.78 is 41.8. The van der Waals surface area contributed by atoms with Crippen LogP contribution in [-0.2, 0) is 9.53 Å². The van der Waals surface area contributed by atoms with Gasteiger partial charge in [-0.2, -0.15) is 13.2 Å². The summed E-state index contributed by atoms with van der Waals surface area (Å²) in [6, 6.07) is -1.18. The van der Waals surface area contributed by atoms with E-state index in [1.165, 1.54) is 6.92 Å². The Hall–Kier alpha value is -0.780. The zero-order valence-electron chi connectivity index (χ0n) is 10.1. The van der Waals surface area contributed by atoms with Crippen LogP contribution in [-0.4, -0.2) is 42.3 Å². The number of hydrogen-bond acceptors (Lipinski definition) is 3. The molecule has 6 heteroatoms. The lowest BCUT2D eigenvalue weighted by molar-refractivity contribution is -0.157. The predicted molar refractivity (Wildman–Crippen MR) is 56.5 cm³/mol. The summed E-state index contributed by atoms with van der Waals surface area (Å²) in [5, 5.41) is 0. The number of ether oxygens (including phenoxy) is 1. The van der Waals surface area contributed by atoms with Crippen molar-refractivity contribution in [1.29, 1.82) is 0 Å². The molecule has 1 rings (SSSR count). The molecular weight excluding hydrogens is 235 g/mol. The SMILES string of the molecule is CCOC(=O)[C@@H]1CCCN1[C@H](C)CC(F)(F)F. The van der Waals surface area contributed by atoms with Crippen LogP contribution in [0.4, 0.5) is 13.2 Å². The van der Waals surface area contributed by atoms with E-state index in [1.54, 1.807) is 11.8 Å². The highest BCUT2D eigenvalue weighted by Gasteiger charge is 2.39. The number of hydrogen-bond donors (Lipinski definition) is 0. The second-order valence-electron chi connectivity index (χ2n) is 4.32. The second kappa shape index (κ2) is 5.71. The first-order chi connectivity index (χ1) is 7.85. The molecule has 1 saturated heterocycles. The van der Waals surface area contributed by atoms with Gasteiger partial charge in [0.05, 0.1) is 13.0 Å². The van der Waals surface area contributed by atoms with E-state index in [9.17, 15) is 18.0 Å². The van der Waals surface area contributed by atoms with E-state index in [0.29, 0.717) is 13.0 Å². The standard InChI is InChI=1S/C11H18F3NO2/c1-3-17-10(16)9-5-4-6-15(9)8(2)7-11(12,13)14/h8-9H,3-7H2,1-2H3/t8-,9+/m1/s1. The number of nitrogens with zero attached hydrogens (tertiary/aromatic N) is 1. The summed E-state index contributed by atoms with van der Waals surface area (Å²) in [6.07, 6.45) is -3.75. The molecule has 0 N–H and O–H groups in total. The van der Waals surface area contributed by atoms with Crippen molar-refractivity contribution >= 4 is 5.97 Å². The molecule has 0 unspecified atom stereocenters. The van der Waals surface area contributed by atoms with E-state index in [4.69, 9.17) is 4.74 Å². The minimum absolute atomic E-state index is 0.261. The molecule has 0 aromatic rings. The highest BCUT2D eigenvalue weighted by Crippen LogP contribution is 2.28. The van der Waals surface area contributed by atoms with Gasteiger partial charge in [-0.3, -0.25) is 9.69 Å². The summed E-state index contributed by atoms with van der Waals surface area (Å²) in [5.74, 6) is -0.404. The van der Waals surface area contributed by atoms with Crippen molar-refractivity contribution in [1.82, 2.24) is 4.90 Å². The molecule has 1 aliphatic heterocycles.